The molecule has 0 amide bonds. The Labute approximate surface area is 110 Å². The summed E-state index contributed by atoms with van der Waals surface area (Å²) < 4.78 is 11.1. The molecule has 1 aromatic carbocycles. The second-order valence-electron chi connectivity index (χ2n) is 5.43. The van der Waals surface area contributed by atoms with Gasteiger partial charge in [-0.2, -0.15) is 0 Å². The molecular weight excluding hydrogens is 224 g/mol. The van der Waals surface area contributed by atoms with Crippen molar-refractivity contribution in [2.75, 3.05) is 13.7 Å². The van der Waals surface area contributed by atoms with Crippen LogP contribution in [-0.4, -0.2) is 19.3 Å². The van der Waals surface area contributed by atoms with Gasteiger partial charge in [-0.25, -0.2) is 0 Å². The highest BCUT2D eigenvalue weighted by molar-refractivity contribution is 5.29. The number of rotatable bonds is 4. The fraction of sp³-hybridized carbons (Fsp3) is 0.625. The minimum absolute atomic E-state index is 0.0990. The zero-order valence-corrected chi connectivity index (χ0v) is 11.7. The topological polar surface area (TPSA) is 18.5 Å². The molecule has 18 heavy (non-hydrogen) atoms. The van der Waals surface area contributed by atoms with Gasteiger partial charge in [0.2, 0.25) is 0 Å². The molecular formula is C16H24O2. The van der Waals surface area contributed by atoms with Crippen LogP contribution in [-0.2, 0) is 4.74 Å². The molecule has 0 bridgehead atoms. The smallest absolute Gasteiger partial charge is 0.119 e. The molecule has 2 nitrogen and oxygen atoms in total. The Bertz CT molecular complexity index is 361. The number of benzene rings is 1. The first-order valence-electron chi connectivity index (χ1n) is 6.95. The average molecular weight is 248 g/mol. The Morgan fingerprint density at radius 1 is 1.17 bits per heavy atom. The largest absolute Gasteiger partial charge is 0.494 e. The Morgan fingerprint density at radius 2 is 1.78 bits per heavy atom. The van der Waals surface area contributed by atoms with Gasteiger partial charge in [0.1, 0.15) is 5.75 Å². The van der Waals surface area contributed by atoms with Crippen LogP contribution in [0.25, 0.3) is 0 Å². The zero-order chi connectivity index (χ0) is 13.0. The van der Waals surface area contributed by atoms with E-state index < -0.39 is 0 Å². The van der Waals surface area contributed by atoms with Crippen molar-refractivity contribution in [1.29, 1.82) is 0 Å². The Balaban J connectivity index is 1.97. The maximum atomic E-state index is 5.59. The van der Waals surface area contributed by atoms with Gasteiger partial charge in [-0.1, -0.05) is 12.1 Å². The lowest BCUT2D eigenvalue weighted by atomic mass is 9.77. The highest BCUT2D eigenvalue weighted by Gasteiger charge is 2.31. The lowest BCUT2D eigenvalue weighted by Gasteiger charge is -2.36. The van der Waals surface area contributed by atoms with E-state index in [1.165, 1.54) is 18.4 Å². The molecule has 100 valence electrons. The lowest BCUT2D eigenvalue weighted by molar-refractivity contribution is -0.0271. The third-order valence-electron chi connectivity index (χ3n) is 4.20. The summed E-state index contributed by atoms with van der Waals surface area (Å²) in [5, 5.41) is 0. The highest BCUT2D eigenvalue weighted by Crippen LogP contribution is 2.39. The van der Waals surface area contributed by atoms with Crippen molar-refractivity contribution >= 4 is 0 Å². The molecule has 0 aliphatic heterocycles. The molecule has 0 spiro atoms. The van der Waals surface area contributed by atoms with Crippen LogP contribution in [0.15, 0.2) is 24.3 Å². The summed E-state index contributed by atoms with van der Waals surface area (Å²) in [7, 11) is 1.83. The molecule has 0 saturated heterocycles. The molecule has 0 heterocycles. The van der Waals surface area contributed by atoms with E-state index >= 15 is 0 Å². The summed E-state index contributed by atoms with van der Waals surface area (Å²) in [6.45, 7) is 4.97. The minimum atomic E-state index is 0.0990. The van der Waals surface area contributed by atoms with E-state index in [-0.39, 0.29) is 5.60 Å². The van der Waals surface area contributed by atoms with Crippen LogP contribution in [0, 0.1) is 0 Å². The minimum Gasteiger partial charge on any atom is -0.494 e. The molecule has 1 aliphatic rings. The predicted octanol–water partition coefficient (Wildman–Crippen LogP) is 4.15. The normalized spacial score (nSPS) is 28.1. The molecule has 1 saturated carbocycles. The number of hydrogen-bond acceptors (Lipinski definition) is 2. The van der Waals surface area contributed by atoms with Crippen LogP contribution >= 0.6 is 0 Å². The van der Waals surface area contributed by atoms with Crippen LogP contribution in [0.2, 0.25) is 0 Å². The van der Waals surface area contributed by atoms with Gasteiger partial charge in [-0.15, -0.1) is 0 Å². The molecule has 1 fully saturated rings. The van der Waals surface area contributed by atoms with E-state index in [9.17, 15) is 0 Å². The monoisotopic (exact) mass is 248 g/mol. The van der Waals surface area contributed by atoms with Gasteiger partial charge in [-0.3, -0.25) is 0 Å². The van der Waals surface area contributed by atoms with Crippen molar-refractivity contribution in [3.05, 3.63) is 29.8 Å². The Morgan fingerprint density at radius 3 is 2.28 bits per heavy atom. The summed E-state index contributed by atoms with van der Waals surface area (Å²) in [4.78, 5) is 0. The molecule has 0 aromatic heterocycles. The summed E-state index contributed by atoms with van der Waals surface area (Å²) in [6.07, 6.45) is 4.75. The summed E-state index contributed by atoms with van der Waals surface area (Å²) >= 11 is 0. The van der Waals surface area contributed by atoms with Gasteiger partial charge in [-0.05, 0) is 63.1 Å². The predicted molar refractivity (Wildman–Crippen MR) is 74.2 cm³/mol. The lowest BCUT2D eigenvalue weighted by Crippen LogP contribution is -2.32. The van der Waals surface area contributed by atoms with E-state index in [0.29, 0.717) is 5.92 Å². The van der Waals surface area contributed by atoms with Crippen LogP contribution in [0.4, 0.5) is 0 Å². The molecule has 0 unspecified atom stereocenters. The van der Waals surface area contributed by atoms with E-state index in [2.05, 4.69) is 31.2 Å². The second kappa shape index (κ2) is 5.75. The van der Waals surface area contributed by atoms with E-state index in [1.807, 2.05) is 14.0 Å². The number of hydrogen-bond donors (Lipinski definition) is 0. The third-order valence-corrected chi connectivity index (χ3v) is 4.20. The maximum Gasteiger partial charge on any atom is 0.119 e. The second-order valence-corrected chi connectivity index (χ2v) is 5.43. The van der Waals surface area contributed by atoms with E-state index in [0.717, 1.165) is 25.2 Å². The SMILES string of the molecule is CCOc1ccc(C2CCC(C)(OC)CC2)cc1. The Kier molecular flexibility index (Phi) is 4.28. The van der Waals surface area contributed by atoms with Crippen molar-refractivity contribution in [2.45, 2.75) is 51.0 Å². The first kappa shape index (κ1) is 13.4. The molecule has 1 aromatic rings. The maximum absolute atomic E-state index is 5.59. The van der Waals surface area contributed by atoms with Gasteiger partial charge in [0.05, 0.1) is 12.2 Å². The first-order valence-corrected chi connectivity index (χ1v) is 6.95. The molecule has 0 N–H and O–H groups in total. The number of ether oxygens (including phenoxy) is 2. The van der Waals surface area contributed by atoms with Crippen LogP contribution in [0.5, 0.6) is 5.75 Å². The summed E-state index contributed by atoms with van der Waals surface area (Å²) in [5.74, 6) is 1.66. The molecule has 0 radical (unpaired) electrons. The van der Waals surface area contributed by atoms with E-state index in [4.69, 9.17) is 9.47 Å². The van der Waals surface area contributed by atoms with Crippen LogP contribution in [0.3, 0.4) is 0 Å². The zero-order valence-electron chi connectivity index (χ0n) is 11.7. The summed E-state index contributed by atoms with van der Waals surface area (Å²) in [6, 6.07) is 8.60. The van der Waals surface area contributed by atoms with Crippen LogP contribution < -0.4 is 4.74 Å². The standard InChI is InChI=1S/C16H24O2/c1-4-18-15-7-5-13(6-8-15)14-9-11-16(2,17-3)12-10-14/h5-8,14H,4,9-12H2,1-3H3. The van der Waals surface area contributed by atoms with Gasteiger partial charge in [0.15, 0.2) is 0 Å². The van der Waals surface area contributed by atoms with Crippen molar-refractivity contribution in [3.8, 4) is 5.75 Å². The Hall–Kier alpha value is -1.02. The molecule has 2 heteroatoms. The average Bonchev–Trinajstić information content (AvgIpc) is 2.41. The van der Waals surface area contributed by atoms with Crippen molar-refractivity contribution in [1.82, 2.24) is 0 Å². The van der Waals surface area contributed by atoms with E-state index in [1.54, 1.807) is 0 Å². The van der Waals surface area contributed by atoms with Crippen molar-refractivity contribution in [3.63, 3.8) is 0 Å². The quantitative estimate of drug-likeness (QED) is 0.797. The highest BCUT2D eigenvalue weighted by atomic mass is 16.5. The number of methoxy groups -OCH3 is 1. The summed E-state index contributed by atoms with van der Waals surface area (Å²) in [5.41, 5.74) is 1.54. The van der Waals surface area contributed by atoms with Gasteiger partial charge in [0, 0.05) is 7.11 Å². The third kappa shape index (κ3) is 3.05. The van der Waals surface area contributed by atoms with Gasteiger partial charge in [0.25, 0.3) is 0 Å². The van der Waals surface area contributed by atoms with Gasteiger partial charge < -0.3 is 9.47 Å². The molecule has 0 atom stereocenters. The molecule has 2 rings (SSSR count). The molecule has 1 aliphatic carbocycles. The van der Waals surface area contributed by atoms with Crippen molar-refractivity contribution in [2.24, 2.45) is 0 Å². The first-order chi connectivity index (χ1) is 8.67. The van der Waals surface area contributed by atoms with Crippen LogP contribution in [0.1, 0.15) is 51.0 Å². The fourth-order valence-corrected chi connectivity index (χ4v) is 2.77. The van der Waals surface area contributed by atoms with Crippen molar-refractivity contribution < 1.29 is 9.47 Å². The fourth-order valence-electron chi connectivity index (χ4n) is 2.77. The van der Waals surface area contributed by atoms with Gasteiger partial charge >= 0.3 is 0 Å².